The summed E-state index contributed by atoms with van der Waals surface area (Å²) < 4.78 is 11.1. The highest BCUT2D eigenvalue weighted by molar-refractivity contribution is 7.23. The summed E-state index contributed by atoms with van der Waals surface area (Å²) in [7, 11) is 0. The predicted octanol–water partition coefficient (Wildman–Crippen LogP) is 4.13. The number of hydrogen-bond acceptors (Lipinski definition) is 6. The number of carbonyl (C=O) groups is 2. The zero-order valence-corrected chi connectivity index (χ0v) is 14.7. The predicted molar refractivity (Wildman–Crippen MR) is 90.2 cm³/mol. The van der Waals surface area contributed by atoms with E-state index in [0.717, 1.165) is 10.4 Å². The van der Waals surface area contributed by atoms with Gasteiger partial charge >= 0.3 is 12.1 Å². The minimum absolute atomic E-state index is 0.244. The van der Waals surface area contributed by atoms with Gasteiger partial charge in [0.25, 0.3) is 0 Å². The number of rotatable bonds is 3. The first-order valence-electron chi connectivity index (χ1n) is 7.28. The topological polar surface area (TPSA) is 77.5 Å². The molecule has 0 fully saturated rings. The lowest BCUT2D eigenvalue weighted by Crippen LogP contribution is -2.27. The van der Waals surface area contributed by atoms with Gasteiger partial charge in [-0.2, -0.15) is 0 Å². The summed E-state index contributed by atoms with van der Waals surface area (Å²) in [6.07, 6.45) is -0.619. The summed E-state index contributed by atoms with van der Waals surface area (Å²) in [5, 5.41) is 3.01. The third kappa shape index (κ3) is 4.19. The molecule has 0 unspecified atom stereocenters. The first kappa shape index (κ1) is 17.2. The van der Waals surface area contributed by atoms with Crippen LogP contribution in [-0.4, -0.2) is 29.3 Å². The number of anilines is 1. The lowest BCUT2D eigenvalue weighted by atomic mass is 10.2. The molecule has 0 radical (unpaired) electrons. The summed E-state index contributed by atoms with van der Waals surface area (Å²) in [5.74, 6) is -0.511. The molecule has 2 aromatic heterocycles. The van der Waals surface area contributed by atoms with Gasteiger partial charge in [0.15, 0.2) is 0 Å². The third-order valence-corrected chi connectivity index (χ3v) is 3.83. The Hall–Kier alpha value is -2.15. The Morgan fingerprint density at radius 3 is 2.61 bits per heavy atom. The Bertz CT molecular complexity index is 746. The second kappa shape index (κ2) is 6.54. The van der Waals surface area contributed by atoms with Crippen molar-refractivity contribution >= 4 is 38.6 Å². The van der Waals surface area contributed by atoms with E-state index in [2.05, 4.69) is 10.3 Å². The Balaban J connectivity index is 2.43. The van der Waals surface area contributed by atoms with Crippen molar-refractivity contribution in [3.63, 3.8) is 0 Å². The van der Waals surface area contributed by atoms with E-state index in [1.54, 1.807) is 27.7 Å². The molecule has 0 spiro atoms. The maximum absolute atomic E-state index is 12.3. The van der Waals surface area contributed by atoms with E-state index in [0.29, 0.717) is 10.5 Å². The molecule has 0 aliphatic rings. The largest absolute Gasteiger partial charge is 0.462 e. The molecule has 0 aliphatic heterocycles. The molecule has 0 aromatic carbocycles. The molecular formula is C16H20N2O4S. The quantitative estimate of drug-likeness (QED) is 0.853. The molecule has 0 atom stereocenters. The van der Waals surface area contributed by atoms with Crippen LogP contribution in [0, 0.1) is 6.92 Å². The van der Waals surface area contributed by atoms with Crippen LogP contribution in [0.1, 0.15) is 43.7 Å². The van der Waals surface area contributed by atoms with Crippen molar-refractivity contribution in [2.75, 3.05) is 11.9 Å². The van der Waals surface area contributed by atoms with Crippen molar-refractivity contribution in [3.05, 3.63) is 23.4 Å². The molecule has 23 heavy (non-hydrogen) atoms. The summed E-state index contributed by atoms with van der Waals surface area (Å²) in [6, 6.07) is 3.72. The van der Waals surface area contributed by atoms with Gasteiger partial charge in [-0.05, 0) is 46.8 Å². The van der Waals surface area contributed by atoms with Crippen LogP contribution < -0.4 is 5.32 Å². The van der Waals surface area contributed by atoms with Crippen LogP contribution in [0.15, 0.2) is 12.1 Å². The summed E-state index contributed by atoms with van der Waals surface area (Å²) in [5.41, 5.74) is 0.949. The second-order valence-electron chi connectivity index (χ2n) is 5.95. The summed E-state index contributed by atoms with van der Waals surface area (Å²) in [4.78, 5) is 28.7. The number of nitrogens with zero attached hydrogens (tertiary/aromatic N) is 1. The van der Waals surface area contributed by atoms with Gasteiger partial charge < -0.3 is 9.47 Å². The van der Waals surface area contributed by atoms with Gasteiger partial charge in [-0.1, -0.05) is 0 Å². The molecule has 1 N–H and O–H groups in total. The molecule has 6 nitrogen and oxygen atoms in total. The fourth-order valence-corrected chi connectivity index (χ4v) is 2.97. The van der Waals surface area contributed by atoms with Crippen LogP contribution >= 0.6 is 11.3 Å². The maximum Gasteiger partial charge on any atom is 0.412 e. The van der Waals surface area contributed by atoms with E-state index in [1.165, 1.54) is 11.3 Å². The fraction of sp³-hybridized carbons (Fsp3) is 0.438. The molecule has 2 rings (SSSR count). The maximum atomic E-state index is 12.3. The van der Waals surface area contributed by atoms with Crippen molar-refractivity contribution in [1.82, 2.24) is 4.98 Å². The van der Waals surface area contributed by atoms with Crippen LogP contribution in [0.25, 0.3) is 10.2 Å². The summed E-state index contributed by atoms with van der Waals surface area (Å²) >= 11 is 1.27. The number of ether oxygens (including phenoxy) is 2. The minimum Gasteiger partial charge on any atom is -0.462 e. The molecule has 7 heteroatoms. The molecule has 2 heterocycles. The molecule has 1 amide bonds. The Morgan fingerprint density at radius 1 is 1.30 bits per heavy atom. The van der Waals surface area contributed by atoms with Crippen LogP contribution in [0.4, 0.5) is 9.80 Å². The molecular weight excluding hydrogens is 316 g/mol. The number of carbonyl (C=O) groups excluding carboxylic acids is 2. The molecule has 0 saturated heterocycles. The number of hydrogen-bond donors (Lipinski definition) is 1. The number of nitrogens with one attached hydrogen (secondary N) is 1. The van der Waals surface area contributed by atoms with E-state index in [9.17, 15) is 9.59 Å². The Kier molecular flexibility index (Phi) is 4.89. The number of esters is 1. The SMILES string of the molecule is CCOC(=O)c1c(NC(=O)OC(C)(C)C)sc2ccc(C)nc12. The molecule has 0 aliphatic carbocycles. The van der Waals surface area contributed by atoms with Gasteiger partial charge in [-0.15, -0.1) is 11.3 Å². The van der Waals surface area contributed by atoms with Crippen LogP contribution in [-0.2, 0) is 9.47 Å². The lowest BCUT2D eigenvalue weighted by Gasteiger charge is -2.19. The van der Waals surface area contributed by atoms with E-state index >= 15 is 0 Å². The van der Waals surface area contributed by atoms with E-state index < -0.39 is 17.7 Å². The minimum atomic E-state index is -0.625. The fourth-order valence-electron chi connectivity index (χ4n) is 1.95. The highest BCUT2D eigenvalue weighted by atomic mass is 32.1. The van der Waals surface area contributed by atoms with E-state index in [1.807, 2.05) is 19.1 Å². The third-order valence-electron chi connectivity index (χ3n) is 2.77. The number of thiophene rings is 1. The standard InChI is InChI=1S/C16H20N2O4S/c1-6-21-14(19)11-12-10(8-7-9(2)17-12)23-13(11)18-15(20)22-16(3,4)5/h7-8H,6H2,1-5H3,(H,18,20). The van der Waals surface area contributed by atoms with Crippen molar-refractivity contribution in [2.45, 2.75) is 40.2 Å². The van der Waals surface area contributed by atoms with Crippen molar-refractivity contribution < 1.29 is 19.1 Å². The number of aromatic nitrogens is 1. The van der Waals surface area contributed by atoms with Gasteiger partial charge in [0.1, 0.15) is 16.2 Å². The first-order valence-corrected chi connectivity index (χ1v) is 8.10. The van der Waals surface area contributed by atoms with Gasteiger partial charge in [0, 0.05) is 5.69 Å². The van der Waals surface area contributed by atoms with Gasteiger partial charge in [0.05, 0.1) is 16.8 Å². The summed E-state index contributed by atoms with van der Waals surface area (Å²) in [6.45, 7) is 9.13. The highest BCUT2D eigenvalue weighted by Crippen LogP contribution is 2.35. The zero-order valence-electron chi connectivity index (χ0n) is 13.9. The molecule has 0 bridgehead atoms. The van der Waals surface area contributed by atoms with Crippen LogP contribution in [0.2, 0.25) is 0 Å². The van der Waals surface area contributed by atoms with Gasteiger partial charge in [0.2, 0.25) is 0 Å². The monoisotopic (exact) mass is 336 g/mol. The normalized spacial score (nSPS) is 11.3. The number of pyridine rings is 1. The first-order chi connectivity index (χ1) is 10.7. The van der Waals surface area contributed by atoms with Gasteiger partial charge in [-0.3, -0.25) is 10.3 Å². The molecule has 124 valence electrons. The molecule has 2 aromatic rings. The van der Waals surface area contributed by atoms with Crippen molar-refractivity contribution in [3.8, 4) is 0 Å². The van der Waals surface area contributed by atoms with Crippen molar-refractivity contribution in [1.29, 1.82) is 0 Å². The zero-order chi connectivity index (χ0) is 17.2. The van der Waals surface area contributed by atoms with Gasteiger partial charge in [-0.25, -0.2) is 9.59 Å². The van der Waals surface area contributed by atoms with Crippen LogP contribution in [0.3, 0.4) is 0 Å². The van der Waals surface area contributed by atoms with E-state index in [-0.39, 0.29) is 12.2 Å². The average molecular weight is 336 g/mol. The smallest absolute Gasteiger partial charge is 0.412 e. The number of amides is 1. The second-order valence-corrected chi connectivity index (χ2v) is 7.01. The molecule has 0 saturated carbocycles. The van der Waals surface area contributed by atoms with E-state index in [4.69, 9.17) is 9.47 Å². The van der Waals surface area contributed by atoms with Crippen molar-refractivity contribution in [2.24, 2.45) is 0 Å². The number of aryl methyl sites for hydroxylation is 1. The highest BCUT2D eigenvalue weighted by Gasteiger charge is 2.25. The lowest BCUT2D eigenvalue weighted by molar-refractivity contribution is 0.0530. The average Bonchev–Trinajstić information content (AvgIpc) is 2.73. The van der Waals surface area contributed by atoms with Crippen LogP contribution in [0.5, 0.6) is 0 Å². The Labute approximate surface area is 138 Å². The Morgan fingerprint density at radius 2 is 2.00 bits per heavy atom. The number of fused-ring (bicyclic) bond motifs is 1.